The fourth-order valence-corrected chi connectivity index (χ4v) is 5.11. The normalized spacial score (nSPS) is 24.7. The van der Waals surface area contributed by atoms with E-state index in [0.717, 1.165) is 0 Å². The molecule has 0 bridgehead atoms. The fraction of sp³-hybridized carbons (Fsp3) is 0.138. The maximum absolute atomic E-state index is 14.2. The van der Waals surface area contributed by atoms with E-state index in [1.165, 1.54) is 12.5 Å². The first kappa shape index (κ1) is 22.3. The van der Waals surface area contributed by atoms with E-state index in [1.54, 1.807) is 43.3 Å². The zero-order valence-electron chi connectivity index (χ0n) is 19.0. The lowest BCUT2D eigenvalue weighted by Crippen LogP contribution is -2.53. The van der Waals surface area contributed by atoms with Crippen molar-refractivity contribution >= 4 is 17.9 Å². The summed E-state index contributed by atoms with van der Waals surface area (Å²) in [7, 11) is 0. The predicted octanol–water partition coefficient (Wildman–Crippen LogP) is 6.53. The highest BCUT2D eigenvalue weighted by Crippen LogP contribution is 2.54. The third kappa shape index (κ3) is 3.93. The molecule has 1 aliphatic rings. The number of hydrogen-bond donors (Lipinski definition) is 0. The van der Waals surface area contributed by atoms with Crippen LogP contribution in [-0.4, -0.2) is 16.2 Å². The molecule has 0 saturated heterocycles. The summed E-state index contributed by atoms with van der Waals surface area (Å²) >= 11 is 0. The Morgan fingerprint density at radius 2 is 1.17 bits per heavy atom. The van der Waals surface area contributed by atoms with Gasteiger partial charge in [-0.2, -0.15) is 0 Å². The summed E-state index contributed by atoms with van der Waals surface area (Å²) in [5.41, 5.74) is 0.394. The van der Waals surface area contributed by atoms with Crippen LogP contribution in [0.5, 0.6) is 0 Å². The Labute approximate surface area is 202 Å². The molecule has 1 fully saturated rings. The molecule has 0 N–H and O–H groups in total. The minimum absolute atomic E-state index is 0.249. The van der Waals surface area contributed by atoms with Crippen LogP contribution in [0.4, 0.5) is 0 Å². The van der Waals surface area contributed by atoms with Crippen molar-refractivity contribution in [3.63, 3.8) is 0 Å². The number of nitro groups is 1. The Kier molecular flexibility index (Phi) is 5.79. The lowest BCUT2D eigenvalue weighted by molar-refractivity contribution is -0.572. The molecular formula is C29H23NO5. The van der Waals surface area contributed by atoms with Gasteiger partial charge in [-0.05, 0) is 47.5 Å². The molecule has 6 heteroatoms. The van der Waals surface area contributed by atoms with Gasteiger partial charge >= 0.3 is 0 Å². The van der Waals surface area contributed by atoms with Crippen LogP contribution in [0.2, 0.25) is 0 Å². The van der Waals surface area contributed by atoms with Crippen molar-refractivity contribution in [3.8, 4) is 0 Å². The van der Waals surface area contributed by atoms with E-state index in [9.17, 15) is 14.9 Å². The molecule has 0 aliphatic heterocycles. The molecule has 0 spiro atoms. The van der Waals surface area contributed by atoms with Crippen molar-refractivity contribution in [3.05, 3.63) is 141 Å². The standard InChI is InChI=1S/C29H23NO5/c1-29(30(32)33)26(20-10-4-2-5-11-20)24(18-22-14-8-16-34-22)28(31)25(19-23-15-9-17-35-23)27(29)21-12-6-3-7-13-21/h2-19,26-27H,1H3/b24-18-,25-19-. The molecule has 174 valence electrons. The molecule has 2 aromatic heterocycles. The lowest BCUT2D eigenvalue weighted by Gasteiger charge is -2.43. The molecule has 5 rings (SSSR count). The molecule has 2 heterocycles. The van der Waals surface area contributed by atoms with Crippen LogP contribution in [0.15, 0.2) is 117 Å². The van der Waals surface area contributed by atoms with Crippen LogP contribution in [0, 0.1) is 10.1 Å². The third-order valence-electron chi connectivity index (χ3n) is 6.66. The van der Waals surface area contributed by atoms with Crippen LogP contribution in [0.25, 0.3) is 12.2 Å². The van der Waals surface area contributed by atoms with Crippen molar-refractivity contribution in [1.82, 2.24) is 0 Å². The van der Waals surface area contributed by atoms with Crippen molar-refractivity contribution in [2.24, 2.45) is 0 Å². The molecule has 1 saturated carbocycles. The number of rotatable bonds is 5. The average molecular weight is 466 g/mol. The topological polar surface area (TPSA) is 86.5 Å². The van der Waals surface area contributed by atoms with Crippen molar-refractivity contribution in [2.45, 2.75) is 24.3 Å². The minimum Gasteiger partial charge on any atom is -0.465 e. The van der Waals surface area contributed by atoms with Gasteiger partial charge in [0.1, 0.15) is 11.5 Å². The number of carbonyl (C=O) groups is 1. The zero-order valence-corrected chi connectivity index (χ0v) is 19.0. The van der Waals surface area contributed by atoms with Gasteiger partial charge in [0.2, 0.25) is 5.54 Å². The van der Waals surface area contributed by atoms with Crippen molar-refractivity contribution in [2.75, 3.05) is 0 Å². The molecule has 0 radical (unpaired) electrons. The third-order valence-corrected chi connectivity index (χ3v) is 6.66. The quantitative estimate of drug-likeness (QED) is 0.190. The highest BCUT2D eigenvalue weighted by molar-refractivity contribution is 6.16. The van der Waals surface area contributed by atoms with Gasteiger partial charge in [-0.3, -0.25) is 14.9 Å². The summed E-state index contributed by atoms with van der Waals surface area (Å²) in [6.07, 6.45) is 6.27. The Morgan fingerprint density at radius 1 is 0.743 bits per heavy atom. The monoisotopic (exact) mass is 465 g/mol. The fourth-order valence-electron chi connectivity index (χ4n) is 5.11. The van der Waals surface area contributed by atoms with Gasteiger partial charge < -0.3 is 8.83 Å². The Morgan fingerprint density at radius 3 is 1.51 bits per heavy atom. The SMILES string of the molecule is CC1([N+](=O)[O-])C(c2ccccc2)/C(=C/c2ccco2)C(=O)/C(=C\c2ccco2)C1c1ccccc1. The predicted molar refractivity (Wildman–Crippen MR) is 132 cm³/mol. The summed E-state index contributed by atoms with van der Waals surface area (Å²) < 4.78 is 11.0. The van der Waals surface area contributed by atoms with Gasteiger partial charge in [-0.15, -0.1) is 0 Å². The molecule has 2 atom stereocenters. The van der Waals surface area contributed by atoms with Crippen LogP contribution in [0.1, 0.15) is 41.4 Å². The molecule has 2 aromatic carbocycles. The number of nitrogens with zero attached hydrogens (tertiary/aromatic N) is 1. The first-order valence-corrected chi connectivity index (χ1v) is 11.3. The van der Waals surface area contributed by atoms with Gasteiger partial charge in [0.25, 0.3) is 0 Å². The van der Waals surface area contributed by atoms with Crippen LogP contribution >= 0.6 is 0 Å². The summed E-state index contributed by atoms with van der Waals surface area (Å²) in [5, 5.41) is 13.0. The number of Topliss-reactive ketones (excluding diaryl/α,β-unsaturated/α-hetero) is 1. The second-order valence-electron chi connectivity index (χ2n) is 8.73. The van der Waals surface area contributed by atoms with E-state index >= 15 is 0 Å². The highest BCUT2D eigenvalue weighted by Gasteiger charge is 2.61. The maximum atomic E-state index is 14.2. The number of carbonyl (C=O) groups excluding carboxylic acids is 1. The van der Waals surface area contributed by atoms with Crippen LogP contribution in [0.3, 0.4) is 0 Å². The largest absolute Gasteiger partial charge is 0.465 e. The van der Waals surface area contributed by atoms with E-state index in [0.29, 0.717) is 33.8 Å². The Hall–Kier alpha value is -4.45. The molecule has 6 nitrogen and oxygen atoms in total. The van der Waals surface area contributed by atoms with Gasteiger partial charge in [-0.1, -0.05) is 60.7 Å². The van der Waals surface area contributed by atoms with Crippen LogP contribution < -0.4 is 0 Å². The minimum atomic E-state index is -1.59. The van der Waals surface area contributed by atoms with Gasteiger partial charge in [-0.25, -0.2) is 0 Å². The smallest absolute Gasteiger partial charge is 0.241 e. The van der Waals surface area contributed by atoms with Crippen LogP contribution in [-0.2, 0) is 4.79 Å². The summed E-state index contributed by atoms with van der Waals surface area (Å²) in [6, 6.07) is 25.2. The molecular weight excluding hydrogens is 442 g/mol. The molecule has 35 heavy (non-hydrogen) atoms. The lowest BCUT2D eigenvalue weighted by atomic mass is 9.58. The van der Waals surface area contributed by atoms with Crippen molar-refractivity contribution in [1.29, 1.82) is 0 Å². The summed E-state index contributed by atoms with van der Waals surface area (Å²) in [5.74, 6) is -1.02. The summed E-state index contributed by atoms with van der Waals surface area (Å²) in [6.45, 7) is 1.63. The number of furan rings is 2. The molecule has 4 aromatic rings. The van der Waals surface area contributed by atoms with Gasteiger partial charge in [0.05, 0.1) is 24.4 Å². The molecule has 0 amide bonds. The van der Waals surface area contributed by atoms with E-state index in [-0.39, 0.29) is 10.7 Å². The second kappa shape index (κ2) is 9.06. The van der Waals surface area contributed by atoms with Crippen molar-refractivity contribution < 1.29 is 18.6 Å². The van der Waals surface area contributed by atoms with E-state index < -0.39 is 17.4 Å². The number of hydrogen-bond acceptors (Lipinski definition) is 5. The maximum Gasteiger partial charge on any atom is 0.241 e. The summed E-state index contributed by atoms with van der Waals surface area (Å²) in [4.78, 5) is 27.0. The first-order valence-electron chi connectivity index (χ1n) is 11.3. The molecule has 2 unspecified atom stereocenters. The van der Waals surface area contributed by atoms with E-state index in [1.807, 2.05) is 60.7 Å². The van der Waals surface area contributed by atoms with E-state index in [4.69, 9.17) is 8.83 Å². The number of ketones is 1. The Balaban J connectivity index is 1.84. The zero-order chi connectivity index (χ0) is 24.4. The van der Waals surface area contributed by atoms with E-state index in [2.05, 4.69) is 0 Å². The number of benzene rings is 2. The van der Waals surface area contributed by atoms with Gasteiger partial charge in [0.15, 0.2) is 5.78 Å². The van der Waals surface area contributed by atoms with Gasteiger partial charge in [0, 0.05) is 23.0 Å². The highest BCUT2D eigenvalue weighted by atomic mass is 16.6. The average Bonchev–Trinajstić information content (AvgIpc) is 3.58. The first-order chi connectivity index (χ1) is 17.0. The Bertz CT molecular complexity index is 1290. The molecule has 1 aliphatic carbocycles. The second-order valence-corrected chi connectivity index (χ2v) is 8.73.